The monoisotopic (exact) mass is 938 g/mol. The molecule has 0 atom stereocenters. The van der Waals surface area contributed by atoms with Crippen LogP contribution in [0, 0.1) is 16.9 Å². The van der Waals surface area contributed by atoms with Crippen LogP contribution in [-0.4, -0.2) is 20.4 Å². The summed E-state index contributed by atoms with van der Waals surface area (Å²) in [6.07, 6.45) is 3.22. The Morgan fingerprint density at radius 3 is 2.09 bits per heavy atom. The van der Waals surface area contributed by atoms with E-state index in [-0.39, 0.29) is 42.5 Å². The Morgan fingerprint density at radius 1 is 0.672 bits per heavy atom. The van der Waals surface area contributed by atoms with E-state index in [1.807, 2.05) is 53.8 Å². The SMILES string of the molecule is CC(C)(C)C(=O)C=C(O)C(C)(C)C.CC1(C)c2ccccc2-n2c3ccc(-c4cc[c-]c(-c5nccc6ccccc56)c4)cc3c3cc(-c4ccccc4)cc1c32.[Ir]. The Hall–Kier alpha value is -5.61. The molecular weight excluding hydrogens is 889 g/mol. The predicted molar refractivity (Wildman–Crippen MR) is 238 cm³/mol. The number of carbonyl (C=O) groups is 1. The van der Waals surface area contributed by atoms with Crippen molar-refractivity contribution in [3.8, 4) is 39.2 Å². The molecule has 1 aliphatic rings. The van der Waals surface area contributed by atoms with E-state index >= 15 is 0 Å². The van der Waals surface area contributed by atoms with Gasteiger partial charge in [-0.05, 0) is 80.7 Å². The minimum atomic E-state index is -0.417. The van der Waals surface area contributed by atoms with E-state index in [0.717, 1.165) is 22.2 Å². The van der Waals surface area contributed by atoms with E-state index in [1.165, 1.54) is 66.8 Å². The second-order valence-corrected chi connectivity index (χ2v) is 17.8. The van der Waals surface area contributed by atoms with Gasteiger partial charge < -0.3 is 14.7 Å². The Labute approximate surface area is 355 Å². The molecule has 293 valence electrons. The van der Waals surface area contributed by atoms with Crippen molar-refractivity contribution in [2.24, 2.45) is 10.8 Å². The molecule has 3 heterocycles. The van der Waals surface area contributed by atoms with Gasteiger partial charge in [-0.15, -0.1) is 35.4 Å². The van der Waals surface area contributed by atoms with Crippen LogP contribution in [-0.2, 0) is 30.3 Å². The molecule has 8 aromatic rings. The molecule has 0 amide bonds. The molecular formula is C53H49IrN2O2-. The number of carbonyl (C=O) groups excluding carboxylic acids is 1. The number of fused-ring (bicyclic) bond motifs is 6. The largest absolute Gasteiger partial charge is 0.512 e. The summed E-state index contributed by atoms with van der Waals surface area (Å²) in [5.41, 5.74) is 12.4. The molecule has 0 fully saturated rings. The first-order valence-corrected chi connectivity index (χ1v) is 19.7. The summed E-state index contributed by atoms with van der Waals surface area (Å²) in [5.74, 6) is 0.104. The van der Waals surface area contributed by atoms with Crippen LogP contribution in [0.15, 0.2) is 151 Å². The number of aliphatic hydroxyl groups is 1. The van der Waals surface area contributed by atoms with E-state index in [0.29, 0.717) is 0 Å². The molecule has 0 saturated carbocycles. The van der Waals surface area contributed by atoms with Gasteiger partial charge >= 0.3 is 0 Å². The van der Waals surface area contributed by atoms with Gasteiger partial charge in [0.25, 0.3) is 0 Å². The number of hydrogen-bond donors (Lipinski definition) is 1. The molecule has 0 bridgehead atoms. The van der Waals surface area contributed by atoms with Crippen molar-refractivity contribution in [2.75, 3.05) is 0 Å². The van der Waals surface area contributed by atoms with Gasteiger partial charge in [0.15, 0.2) is 5.78 Å². The van der Waals surface area contributed by atoms with Crippen LogP contribution in [0.25, 0.3) is 71.8 Å². The maximum atomic E-state index is 11.5. The summed E-state index contributed by atoms with van der Waals surface area (Å²) >= 11 is 0. The molecule has 1 N–H and O–H groups in total. The molecule has 1 aliphatic heterocycles. The van der Waals surface area contributed by atoms with Gasteiger partial charge in [0.05, 0.1) is 16.7 Å². The van der Waals surface area contributed by atoms with Crippen LogP contribution in [0.3, 0.4) is 0 Å². The molecule has 0 saturated heterocycles. The number of rotatable bonds is 4. The van der Waals surface area contributed by atoms with Crippen molar-refractivity contribution in [3.05, 3.63) is 169 Å². The third kappa shape index (κ3) is 7.34. The number of aromatic nitrogens is 2. The van der Waals surface area contributed by atoms with Crippen LogP contribution in [0.4, 0.5) is 0 Å². The van der Waals surface area contributed by atoms with Crippen molar-refractivity contribution in [3.63, 3.8) is 0 Å². The number of pyridine rings is 1. The van der Waals surface area contributed by atoms with E-state index in [1.54, 1.807) is 0 Å². The Morgan fingerprint density at radius 2 is 1.34 bits per heavy atom. The van der Waals surface area contributed by atoms with Gasteiger partial charge in [-0.1, -0.05) is 134 Å². The second kappa shape index (κ2) is 15.3. The molecule has 0 unspecified atom stereocenters. The van der Waals surface area contributed by atoms with Crippen LogP contribution in [0.2, 0.25) is 0 Å². The zero-order chi connectivity index (χ0) is 40.3. The third-order valence-corrected chi connectivity index (χ3v) is 11.3. The van der Waals surface area contributed by atoms with Crippen molar-refractivity contribution < 1.29 is 30.0 Å². The first-order chi connectivity index (χ1) is 27.1. The Kier molecular flexibility index (Phi) is 10.7. The molecule has 4 nitrogen and oxygen atoms in total. The van der Waals surface area contributed by atoms with E-state index in [9.17, 15) is 9.90 Å². The number of benzene rings is 6. The van der Waals surface area contributed by atoms with Gasteiger partial charge in [0.2, 0.25) is 0 Å². The van der Waals surface area contributed by atoms with Crippen LogP contribution in [0.5, 0.6) is 0 Å². The summed E-state index contributed by atoms with van der Waals surface area (Å²) < 4.78 is 2.49. The van der Waals surface area contributed by atoms with Gasteiger partial charge in [-0.2, -0.15) is 0 Å². The van der Waals surface area contributed by atoms with Crippen LogP contribution in [0.1, 0.15) is 66.5 Å². The minimum Gasteiger partial charge on any atom is -0.512 e. The fraction of sp³-hybridized carbons (Fsp3) is 0.208. The predicted octanol–water partition coefficient (Wildman–Crippen LogP) is 13.9. The standard InChI is InChI=1S/C42H29N2.C11H20O2.Ir/c1-42(2)36-17-8-9-18-39(36)44-38-20-19-30(24-34(38)35-25-32(26-37(42)41(35)44)27-11-4-3-5-12-27)29-14-10-15-31(23-29)40-33-16-7-6-13-28(33)21-22-43-40;1-10(2,3)8(12)7-9(13)11(4,5)6;/h3-14,16-26H,1-2H3;7,12H,1-6H3;/q-1;;. The molecule has 0 spiro atoms. The van der Waals surface area contributed by atoms with Gasteiger partial charge in [-0.25, -0.2) is 0 Å². The summed E-state index contributed by atoms with van der Waals surface area (Å²) in [4.78, 5) is 16.3. The zero-order valence-corrected chi connectivity index (χ0v) is 36.8. The van der Waals surface area contributed by atoms with E-state index in [2.05, 4.69) is 152 Å². The van der Waals surface area contributed by atoms with E-state index in [4.69, 9.17) is 4.98 Å². The summed E-state index contributed by atoms with van der Waals surface area (Å²) in [6, 6.07) is 51.8. The Balaban J connectivity index is 0.000000318. The van der Waals surface area contributed by atoms with Crippen molar-refractivity contribution >= 4 is 38.4 Å². The van der Waals surface area contributed by atoms with Crippen LogP contribution < -0.4 is 0 Å². The maximum absolute atomic E-state index is 11.5. The number of hydrogen-bond acceptors (Lipinski definition) is 3. The van der Waals surface area contributed by atoms with Crippen LogP contribution >= 0.6 is 0 Å². The average Bonchev–Trinajstić information content (AvgIpc) is 3.53. The smallest absolute Gasteiger partial charge is 0.164 e. The van der Waals surface area contributed by atoms with Crippen molar-refractivity contribution in [1.29, 1.82) is 0 Å². The number of nitrogens with zero attached hydrogens (tertiary/aromatic N) is 2. The van der Waals surface area contributed by atoms with Gasteiger partial charge in [0.1, 0.15) is 5.76 Å². The number of ketones is 1. The average molecular weight is 938 g/mol. The molecule has 6 aromatic carbocycles. The molecule has 1 radical (unpaired) electrons. The summed E-state index contributed by atoms with van der Waals surface area (Å²) in [6.45, 7) is 15.8. The number of aliphatic hydroxyl groups excluding tert-OH is 1. The molecule has 58 heavy (non-hydrogen) atoms. The minimum absolute atomic E-state index is 0. The first kappa shape index (κ1) is 40.6. The molecule has 2 aromatic heterocycles. The second-order valence-electron chi connectivity index (χ2n) is 17.8. The number of allylic oxidation sites excluding steroid dienone is 2. The first-order valence-electron chi connectivity index (χ1n) is 19.7. The van der Waals surface area contributed by atoms with Gasteiger partial charge in [-0.3, -0.25) is 4.79 Å². The maximum Gasteiger partial charge on any atom is 0.164 e. The fourth-order valence-electron chi connectivity index (χ4n) is 7.87. The molecule has 0 aliphatic carbocycles. The fourth-order valence-corrected chi connectivity index (χ4v) is 7.87. The zero-order valence-electron chi connectivity index (χ0n) is 34.4. The summed E-state index contributed by atoms with van der Waals surface area (Å²) in [7, 11) is 0. The van der Waals surface area contributed by atoms with Crippen molar-refractivity contribution in [1.82, 2.24) is 9.55 Å². The quantitative estimate of drug-likeness (QED) is 0.109. The molecule has 5 heteroatoms. The third-order valence-electron chi connectivity index (χ3n) is 11.3. The van der Waals surface area contributed by atoms with Gasteiger partial charge in [0, 0.05) is 59.4 Å². The Bertz CT molecular complexity index is 2860. The summed E-state index contributed by atoms with van der Waals surface area (Å²) in [5, 5.41) is 14.4. The molecule has 9 rings (SSSR count). The number of para-hydroxylation sites is 1. The van der Waals surface area contributed by atoms with Crippen molar-refractivity contribution in [2.45, 2.75) is 60.8 Å². The van der Waals surface area contributed by atoms with E-state index < -0.39 is 5.41 Å². The topological polar surface area (TPSA) is 55.1 Å². The normalized spacial score (nSPS) is 13.4.